The molecule has 0 atom stereocenters. The standard InChI is InChI=1S/C22H27ClN2S/c1-22(2,18-6-4-3-5-7-18)13-12-21(26)25-16-14-24(15-17-25)20-10-8-19(23)9-11-20/h3-11H,12-17H2,1-2H3. The van der Waals surface area contributed by atoms with Crippen molar-refractivity contribution in [3.8, 4) is 0 Å². The first-order chi connectivity index (χ1) is 12.5. The monoisotopic (exact) mass is 386 g/mol. The van der Waals surface area contributed by atoms with Crippen molar-refractivity contribution < 1.29 is 0 Å². The van der Waals surface area contributed by atoms with Crippen LogP contribution in [0.4, 0.5) is 5.69 Å². The third-order valence-corrected chi connectivity index (χ3v) is 6.06. The van der Waals surface area contributed by atoms with Crippen LogP contribution in [0.1, 0.15) is 32.3 Å². The van der Waals surface area contributed by atoms with Crippen LogP contribution in [0.25, 0.3) is 0 Å². The molecular formula is C22H27ClN2S. The highest BCUT2D eigenvalue weighted by Crippen LogP contribution is 2.29. The fourth-order valence-electron chi connectivity index (χ4n) is 3.48. The van der Waals surface area contributed by atoms with Crippen LogP contribution in [0.2, 0.25) is 5.02 Å². The second kappa shape index (κ2) is 8.41. The number of benzene rings is 2. The first kappa shape index (κ1) is 19.2. The molecule has 26 heavy (non-hydrogen) atoms. The van der Waals surface area contributed by atoms with Crippen LogP contribution < -0.4 is 4.90 Å². The Labute approximate surface area is 167 Å². The minimum atomic E-state index is 0.149. The van der Waals surface area contributed by atoms with E-state index in [4.69, 9.17) is 23.8 Å². The van der Waals surface area contributed by atoms with Crippen molar-refractivity contribution in [2.24, 2.45) is 0 Å². The summed E-state index contributed by atoms with van der Waals surface area (Å²) in [7, 11) is 0. The highest BCUT2D eigenvalue weighted by molar-refractivity contribution is 7.80. The molecule has 138 valence electrons. The van der Waals surface area contributed by atoms with E-state index in [1.165, 1.54) is 11.3 Å². The Bertz CT molecular complexity index is 720. The summed E-state index contributed by atoms with van der Waals surface area (Å²) in [5, 5.41) is 0.787. The predicted molar refractivity (Wildman–Crippen MR) is 117 cm³/mol. The normalized spacial score (nSPS) is 15.2. The predicted octanol–water partition coefficient (Wildman–Crippen LogP) is 5.55. The molecule has 1 saturated heterocycles. The zero-order chi connectivity index (χ0) is 18.6. The largest absolute Gasteiger partial charge is 0.368 e. The third-order valence-electron chi connectivity index (χ3n) is 5.34. The van der Waals surface area contributed by atoms with Gasteiger partial charge in [-0.2, -0.15) is 0 Å². The van der Waals surface area contributed by atoms with E-state index in [0.29, 0.717) is 0 Å². The molecular weight excluding hydrogens is 360 g/mol. The summed E-state index contributed by atoms with van der Waals surface area (Å²) in [5.74, 6) is 0. The molecule has 1 aliphatic rings. The zero-order valence-corrected chi connectivity index (χ0v) is 17.2. The van der Waals surface area contributed by atoms with Gasteiger partial charge in [0.05, 0.1) is 4.99 Å². The second-order valence-corrected chi connectivity index (χ2v) is 8.50. The molecule has 0 aliphatic carbocycles. The number of hydrogen-bond acceptors (Lipinski definition) is 2. The first-order valence-electron chi connectivity index (χ1n) is 9.29. The Morgan fingerprint density at radius 1 is 0.962 bits per heavy atom. The van der Waals surface area contributed by atoms with Crippen LogP contribution in [0, 0.1) is 0 Å². The van der Waals surface area contributed by atoms with Crippen molar-refractivity contribution in [1.82, 2.24) is 4.90 Å². The molecule has 0 saturated carbocycles. The molecule has 0 aromatic heterocycles. The van der Waals surface area contributed by atoms with Gasteiger partial charge in [0.15, 0.2) is 0 Å². The average Bonchev–Trinajstić information content (AvgIpc) is 2.68. The van der Waals surface area contributed by atoms with Crippen LogP contribution in [-0.4, -0.2) is 36.1 Å². The van der Waals surface area contributed by atoms with Crippen molar-refractivity contribution in [3.05, 3.63) is 65.2 Å². The Balaban J connectivity index is 1.50. The van der Waals surface area contributed by atoms with E-state index in [-0.39, 0.29) is 5.41 Å². The molecule has 1 heterocycles. The minimum Gasteiger partial charge on any atom is -0.368 e. The number of hydrogen-bond donors (Lipinski definition) is 0. The smallest absolute Gasteiger partial charge is 0.0780 e. The summed E-state index contributed by atoms with van der Waals surface area (Å²) in [6.45, 7) is 8.61. The van der Waals surface area contributed by atoms with Gasteiger partial charge in [-0.15, -0.1) is 0 Å². The van der Waals surface area contributed by atoms with Gasteiger partial charge < -0.3 is 9.80 Å². The molecule has 2 nitrogen and oxygen atoms in total. The lowest BCUT2D eigenvalue weighted by atomic mass is 9.80. The molecule has 2 aromatic carbocycles. The van der Waals surface area contributed by atoms with Crippen LogP contribution in [-0.2, 0) is 5.41 Å². The molecule has 2 aromatic rings. The van der Waals surface area contributed by atoms with Gasteiger partial charge in [0.25, 0.3) is 0 Å². The third kappa shape index (κ3) is 4.77. The van der Waals surface area contributed by atoms with E-state index >= 15 is 0 Å². The van der Waals surface area contributed by atoms with Crippen molar-refractivity contribution in [2.75, 3.05) is 31.1 Å². The molecule has 0 radical (unpaired) electrons. The topological polar surface area (TPSA) is 6.48 Å². The Morgan fingerprint density at radius 2 is 1.58 bits per heavy atom. The summed E-state index contributed by atoms with van der Waals surface area (Å²) in [6, 6.07) is 18.8. The molecule has 0 N–H and O–H groups in total. The van der Waals surface area contributed by atoms with Crippen molar-refractivity contribution in [1.29, 1.82) is 0 Å². The fraction of sp³-hybridized carbons (Fsp3) is 0.409. The molecule has 4 heteroatoms. The van der Waals surface area contributed by atoms with Gasteiger partial charge in [0.2, 0.25) is 0 Å². The molecule has 1 aliphatic heterocycles. The highest BCUT2D eigenvalue weighted by atomic mass is 35.5. The van der Waals surface area contributed by atoms with Crippen LogP contribution in [0.15, 0.2) is 54.6 Å². The molecule has 0 unspecified atom stereocenters. The average molecular weight is 387 g/mol. The van der Waals surface area contributed by atoms with Gasteiger partial charge in [-0.3, -0.25) is 0 Å². The Morgan fingerprint density at radius 3 is 2.19 bits per heavy atom. The van der Waals surface area contributed by atoms with Crippen molar-refractivity contribution in [2.45, 2.75) is 32.1 Å². The van der Waals surface area contributed by atoms with E-state index in [2.05, 4.69) is 66.1 Å². The van der Waals surface area contributed by atoms with E-state index in [0.717, 1.165) is 49.0 Å². The summed E-state index contributed by atoms with van der Waals surface area (Å²) < 4.78 is 0. The van der Waals surface area contributed by atoms with E-state index in [1.54, 1.807) is 0 Å². The minimum absolute atomic E-state index is 0.149. The van der Waals surface area contributed by atoms with Gasteiger partial charge in [-0.05, 0) is 48.1 Å². The zero-order valence-electron chi connectivity index (χ0n) is 15.6. The SMILES string of the molecule is CC(C)(CCC(=S)N1CCN(c2ccc(Cl)cc2)CC1)c1ccccc1. The maximum atomic E-state index is 5.99. The van der Waals surface area contributed by atoms with Gasteiger partial charge in [0.1, 0.15) is 0 Å². The molecule has 1 fully saturated rings. The van der Waals surface area contributed by atoms with Gasteiger partial charge in [-0.25, -0.2) is 0 Å². The summed E-state index contributed by atoms with van der Waals surface area (Å²) in [5.41, 5.74) is 2.77. The number of anilines is 1. The van der Waals surface area contributed by atoms with E-state index in [1.807, 2.05) is 12.1 Å². The Kier molecular flexibility index (Phi) is 6.20. The first-order valence-corrected chi connectivity index (χ1v) is 10.1. The van der Waals surface area contributed by atoms with E-state index in [9.17, 15) is 0 Å². The quantitative estimate of drug-likeness (QED) is 0.622. The molecule has 0 bridgehead atoms. The van der Waals surface area contributed by atoms with Crippen molar-refractivity contribution >= 4 is 34.5 Å². The molecule has 0 spiro atoms. The lowest BCUT2D eigenvalue weighted by Crippen LogP contribution is -2.48. The van der Waals surface area contributed by atoms with Crippen molar-refractivity contribution in [3.63, 3.8) is 0 Å². The number of rotatable bonds is 5. The lowest BCUT2D eigenvalue weighted by Gasteiger charge is -2.38. The van der Waals surface area contributed by atoms with Gasteiger partial charge >= 0.3 is 0 Å². The summed E-state index contributed by atoms with van der Waals surface area (Å²) in [6.07, 6.45) is 2.05. The molecule has 0 amide bonds. The fourth-order valence-corrected chi connectivity index (χ4v) is 3.89. The number of nitrogens with zero attached hydrogens (tertiary/aromatic N) is 2. The summed E-state index contributed by atoms with van der Waals surface area (Å²) >= 11 is 11.7. The van der Waals surface area contributed by atoms with Crippen LogP contribution in [0.5, 0.6) is 0 Å². The summed E-state index contributed by atoms with van der Waals surface area (Å²) in [4.78, 5) is 5.89. The Hall–Kier alpha value is -1.58. The number of piperazine rings is 1. The number of thiocarbonyl (C=S) groups is 1. The highest BCUT2D eigenvalue weighted by Gasteiger charge is 2.23. The van der Waals surface area contributed by atoms with Gasteiger partial charge in [-0.1, -0.05) is 68.0 Å². The lowest BCUT2D eigenvalue weighted by molar-refractivity contribution is 0.378. The van der Waals surface area contributed by atoms with Crippen LogP contribution in [0.3, 0.4) is 0 Å². The van der Waals surface area contributed by atoms with E-state index < -0.39 is 0 Å². The maximum Gasteiger partial charge on any atom is 0.0780 e. The second-order valence-electron chi connectivity index (χ2n) is 7.59. The number of halogens is 1. The molecule has 3 rings (SSSR count). The maximum absolute atomic E-state index is 5.99. The van der Waals surface area contributed by atoms with Gasteiger partial charge in [0, 0.05) is 36.9 Å². The van der Waals surface area contributed by atoms with Crippen LogP contribution >= 0.6 is 23.8 Å².